The minimum absolute atomic E-state index is 0.0648. The second-order valence-electron chi connectivity index (χ2n) is 6.79. The van der Waals surface area contributed by atoms with Gasteiger partial charge < -0.3 is 19.1 Å². The van der Waals surface area contributed by atoms with E-state index in [1.54, 1.807) is 24.1 Å². The van der Waals surface area contributed by atoms with Crippen LogP contribution >= 0.6 is 0 Å². The average molecular weight is 386 g/mol. The number of likely N-dealkylation sites (tertiary alicyclic amines) is 1. The zero-order valence-corrected chi connectivity index (χ0v) is 16.4. The molecule has 1 fully saturated rings. The zero-order valence-electron chi connectivity index (χ0n) is 16.4. The van der Waals surface area contributed by atoms with Gasteiger partial charge in [-0.15, -0.1) is 0 Å². The molecule has 0 N–H and O–H groups in total. The monoisotopic (exact) mass is 386 g/mol. The summed E-state index contributed by atoms with van der Waals surface area (Å²) in [4.78, 5) is 32.1. The highest BCUT2D eigenvalue weighted by molar-refractivity contribution is 5.94. The summed E-state index contributed by atoms with van der Waals surface area (Å²) >= 11 is 0. The van der Waals surface area contributed by atoms with Crippen molar-refractivity contribution in [3.63, 3.8) is 0 Å². The Bertz CT molecular complexity index is 797. The van der Waals surface area contributed by atoms with Gasteiger partial charge in [0.1, 0.15) is 6.61 Å². The van der Waals surface area contributed by atoms with Crippen LogP contribution in [-0.2, 0) is 16.0 Å². The van der Waals surface area contributed by atoms with Crippen LogP contribution < -0.4 is 0 Å². The van der Waals surface area contributed by atoms with Crippen LogP contribution in [0.3, 0.4) is 0 Å². The molecule has 8 nitrogen and oxygen atoms in total. The van der Waals surface area contributed by atoms with Gasteiger partial charge in [-0.2, -0.15) is 4.98 Å². The lowest BCUT2D eigenvalue weighted by atomic mass is 10.1. The number of hydrogen-bond acceptors (Lipinski definition) is 6. The van der Waals surface area contributed by atoms with Crippen molar-refractivity contribution in [2.75, 3.05) is 39.9 Å². The molecule has 8 heteroatoms. The smallest absolute Gasteiger partial charge is 0.257 e. The fourth-order valence-corrected chi connectivity index (χ4v) is 3.02. The Morgan fingerprint density at radius 1 is 1.21 bits per heavy atom. The summed E-state index contributed by atoms with van der Waals surface area (Å²) in [5.41, 5.74) is 1.43. The molecule has 0 aliphatic carbocycles. The van der Waals surface area contributed by atoms with E-state index in [1.165, 1.54) is 0 Å². The molecule has 150 valence electrons. The molecule has 28 heavy (non-hydrogen) atoms. The summed E-state index contributed by atoms with van der Waals surface area (Å²) in [6, 6.07) is 7.22. The second-order valence-corrected chi connectivity index (χ2v) is 6.79. The van der Waals surface area contributed by atoms with Crippen molar-refractivity contribution in [1.29, 1.82) is 0 Å². The van der Waals surface area contributed by atoms with Crippen LogP contribution in [0.15, 0.2) is 28.8 Å². The summed E-state index contributed by atoms with van der Waals surface area (Å²) in [7, 11) is 1.72. The van der Waals surface area contributed by atoms with E-state index in [9.17, 15) is 9.59 Å². The van der Waals surface area contributed by atoms with Crippen LogP contribution in [0.5, 0.6) is 0 Å². The third kappa shape index (κ3) is 4.95. The Morgan fingerprint density at radius 3 is 2.61 bits per heavy atom. The first-order valence-electron chi connectivity index (χ1n) is 9.62. The highest BCUT2D eigenvalue weighted by atomic mass is 16.5. The van der Waals surface area contributed by atoms with E-state index in [0.29, 0.717) is 36.9 Å². The molecule has 0 atom stereocenters. The van der Waals surface area contributed by atoms with E-state index in [-0.39, 0.29) is 18.4 Å². The van der Waals surface area contributed by atoms with Gasteiger partial charge in [-0.25, -0.2) is 0 Å². The minimum atomic E-state index is -0.0798. The maximum Gasteiger partial charge on any atom is 0.257 e. The van der Waals surface area contributed by atoms with Crippen molar-refractivity contribution in [2.24, 2.45) is 0 Å². The van der Waals surface area contributed by atoms with Crippen LogP contribution in [0.25, 0.3) is 11.5 Å². The molecule has 1 aromatic carbocycles. The van der Waals surface area contributed by atoms with Gasteiger partial charge in [0.15, 0.2) is 5.82 Å². The van der Waals surface area contributed by atoms with E-state index in [2.05, 4.69) is 10.1 Å². The summed E-state index contributed by atoms with van der Waals surface area (Å²) in [5.74, 6) is 0.917. The number of likely N-dealkylation sites (N-methyl/N-ethyl adjacent to an activating group) is 1. The molecular weight excluding hydrogens is 360 g/mol. The van der Waals surface area contributed by atoms with E-state index in [0.717, 1.165) is 31.5 Å². The molecule has 3 rings (SSSR count). The molecule has 2 heterocycles. The number of carbonyl (C=O) groups excluding carboxylic acids is 2. The van der Waals surface area contributed by atoms with Crippen molar-refractivity contribution in [1.82, 2.24) is 19.9 Å². The molecule has 1 aliphatic rings. The van der Waals surface area contributed by atoms with Crippen molar-refractivity contribution in [2.45, 2.75) is 26.2 Å². The first-order chi connectivity index (χ1) is 13.6. The molecule has 0 spiro atoms. The van der Waals surface area contributed by atoms with Gasteiger partial charge in [0.05, 0.1) is 0 Å². The van der Waals surface area contributed by atoms with Crippen molar-refractivity contribution in [3.05, 3.63) is 35.7 Å². The van der Waals surface area contributed by atoms with Crippen LogP contribution in [0.4, 0.5) is 0 Å². The minimum Gasteiger partial charge on any atom is -0.372 e. The molecule has 2 amide bonds. The summed E-state index contributed by atoms with van der Waals surface area (Å²) in [6.07, 6.45) is 2.63. The number of hydrogen-bond donors (Lipinski definition) is 0. The molecule has 0 bridgehead atoms. The Hall–Kier alpha value is -2.74. The third-order valence-corrected chi connectivity index (χ3v) is 4.77. The van der Waals surface area contributed by atoms with E-state index in [1.807, 2.05) is 24.0 Å². The number of aromatic nitrogens is 2. The number of carbonyl (C=O) groups is 2. The third-order valence-electron chi connectivity index (χ3n) is 4.77. The summed E-state index contributed by atoms with van der Waals surface area (Å²) < 4.78 is 10.4. The van der Waals surface area contributed by atoms with Crippen LogP contribution in [0.2, 0.25) is 0 Å². The predicted molar refractivity (Wildman–Crippen MR) is 103 cm³/mol. The number of amides is 2. The molecular formula is C20H26N4O4. The van der Waals surface area contributed by atoms with E-state index < -0.39 is 0 Å². The van der Waals surface area contributed by atoms with Gasteiger partial charge in [-0.05, 0) is 44.0 Å². The van der Waals surface area contributed by atoms with Crippen LogP contribution in [0.1, 0.15) is 35.9 Å². The summed E-state index contributed by atoms with van der Waals surface area (Å²) in [5, 5.41) is 3.98. The molecule has 1 aliphatic heterocycles. The Balaban J connectivity index is 1.56. The largest absolute Gasteiger partial charge is 0.372 e. The van der Waals surface area contributed by atoms with E-state index >= 15 is 0 Å². The van der Waals surface area contributed by atoms with Crippen molar-refractivity contribution in [3.8, 4) is 11.5 Å². The molecule has 1 saturated heterocycles. The topological polar surface area (TPSA) is 88.8 Å². The first kappa shape index (κ1) is 20.0. The van der Waals surface area contributed by atoms with Gasteiger partial charge in [-0.3, -0.25) is 9.59 Å². The van der Waals surface area contributed by atoms with Crippen LogP contribution in [0, 0.1) is 0 Å². The van der Waals surface area contributed by atoms with Gasteiger partial charge in [0.25, 0.3) is 11.8 Å². The second kappa shape index (κ2) is 9.45. The highest BCUT2D eigenvalue weighted by Gasteiger charge is 2.19. The SMILES string of the molecule is CCOCC(=O)N(C)CCc1noc(-c2ccc(C(=O)N3CCCC3)cc2)n1. The van der Waals surface area contributed by atoms with Gasteiger partial charge in [0.2, 0.25) is 5.91 Å². The summed E-state index contributed by atoms with van der Waals surface area (Å²) in [6.45, 7) is 4.57. The quantitative estimate of drug-likeness (QED) is 0.690. The number of nitrogens with zero attached hydrogens (tertiary/aromatic N) is 4. The fourth-order valence-electron chi connectivity index (χ4n) is 3.02. The van der Waals surface area contributed by atoms with Gasteiger partial charge in [0, 0.05) is 50.8 Å². The van der Waals surface area contributed by atoms with Gasteiger partial charge in [-0.1, -0.05) is 5.16 Å². The highest BCUT2D eigenvalue weighted by Crippen LogP contribution is 2.20. The van der Waals surface area contributed by atoms with Crippen LogP contribution in [-0.4, -0.2) is 71.7 Å². The van der Waals surface area contributed by atoms with Crippen molar-refractivity contribution < 1.29 is 18.8 Å². The van der Waals surface area contributed by atoms with E-state index in [4.69, 9.17) is 9.26 Å². The number of rotatable bonds is 8. The maximum atomic E-state index is 12.4. The standard InChI is InChI=1S/C20H26N4O4/c1-3-27-14-18(25)23(2)13-10-17-21-19(28-22-17)15-6-8-16(9-7-15)20(26)24-11-4-5-12-24/h6-9H,3-5,10-14H2,1-2H3. The molecule has 0 saturated carbocycles. The lowest BCUT2D eigenvalue weighted by molar-refractivity contribution is -0.134. The Morgan fingerprint density at radius 2 is 1.93 bits per heavy atom. The number of benzene rings is 1. The maximum absolute atomic E-state index is 12.4. The molecule has 2 aromatic rings. The molecule has 0 unspecified atom stereocenters. The predicted octanol–water partition coefficient (Wildman–Crippen LogP) is 2.01. The van der Waals surface area contributed by atoms with Crippen molar-refractivity contribution >= 4 is 11.8 Å². The average Bonchev–Trinajstić information content (AvgIpc) is 3.42. The molecule has 0 radical (unpaired) electrons. The lowest BCUT2D eigenvalue weighted by Crippen LogP contribution is -2.32. The normalized spacial score (nSPS) is 13.7. The Kier molecular flexibility index (Phi) is 6.76. The molecule has 1 aromatic heterocycles. The number of ether oxygens (including phenoxy) is 1. The zero-order chi connectivity index (χ0) is 19.9. The Labute approximate surface area is 164 Å². The lowest BCUT2D eigenvalue weighted by Gasteiger charge is -2.15. The fraction of sp³-hybridized carbons (Fsp3) is 0.500. The first-order valence-corrected chi connectivity index (χ1v) is 9.62. The van der Waals surface area contributed by atoms with Gasteiger partial charge >= 0.3 is 0 Å².